The van der Waals surface area contributed by atoms with E-state index in [1.165, 1.54) is 11.1 Å². The van der Waals surface area contributed by atoms with E-state index in [2.05, 4.69) is 48.5 Å². The van der Waals surface area contributed by atoms with Gasteiger partial charge < -0.3 is 15.4 Å². The van der Waals surface area contributed by atoms with E-state index in [4.69, 9.17) is 4.74 Å². The lowest BCUT2D eigenvalue weighted by Gasteiger charge is -2.14. The Morgan fingerprint density at radius 3 is 2.50 bits per heavy atom. The summed E-state index contributed by atoms with van der Waals surface area (Å²) in [5.74, 6) is 0.855. The Morgan fingerprint density at radius 1 is 1.20 bits per heavy atom. The van der Waals surface area contributed by atoms with Crippen molar-refractivity contribution < 1.29 is 4.74 Å². The van der Waals surface area contributed by atoms with Crippen molar-refractivity contribution in [2.45, 2.75) is 46.9 Å². The first kappa shape index (κ1) is 16.5. The van der Waals surface area contributed by atoms with Crippen molar-refractivity contribution in [2.75, 3.05) is 13.2 Å². The fraction of sp³-hybridized carbons (Fsp3) is 0.562. The van der Waals surface area contributed by atoms with Crippen LogP contribution in [0.25, 0.3) is 0 Å². The summed E-state index contributed by atoms with van der Waals surface area (Å²) in [5.41, 5.74) is 2.42. The topological polar surface area (TPSA) is 45.7 Å². The summed E-state index contributed by atoms with van der Waals surface area (Å²) in [7, 11) is 0. The molecule has 0 saturated carbocycles. The lowest BCUT2D eigenvalue weighted by Crippen LogP contribution is -2.41. The molecule has 1 aromatic rings. The van der Waals surface area contributed by atoms with Gasteiger partial charge in [-0.3, -0.25) is 0 Å². The molecule has 0 unspecified atom stereocenters. The van der Waals surface area contributed by atoms with Gasteiger partial charge >= 0.3 is 0 Å². The highest BCUT2D eigenvalue weighted by Crippen LogP contribution is 2.11. The first-order valence-corrected chi connectivity index (χ1v) is 7.36. The molecule has 0 aliphatic carbocycles. The average Bonchev–Trinajstić information content (AvgIpc) is 2.43. The number of ether oxygens (including phenoxy) is 1. The molecule has 0 spiro atoms. The molecule has 0 aromatic heterocycles. The predicted octanol–water partition coefficient (Wildman–Crippen LogP) is 2.69. The van der Waals surface area contributed by atoms with Crippen LogP contribution in [0.2, 0.25) is 0 Å². The van der Waals surface area contributed by atoms with Gasteiger partial charge in [0.2, 0.25) is 0 Å². The molecule has 0 amide bonds. The summed E-state index contributed by atoms with van der Waals surface area (Å²) >= 11 is 0. The van der Waals surface area contributed by atoms with Crippen LogP contribution in [-0.2, 0) is 17.9 Å². The minimum atomic E-state index is 0.367. The summed E-state index contributed by atoms with van der Waals surface area (Å²) in [6, 6.07) is 8.66. The summed E-state index contributed by atoms with van der Waals surface area (Å²) in [6.45, 7) is 11.2. The largest absolute Gasteiger partial charge is 0.377 e. The lowest BCUT2D eigenvalue weighted by atomic mass is 10.1. The highest BCUT2D eigenvalue weighted by atomic mass is 16.5. The smallest absolute Gasteiger partial charge is 0.191 e. The second-order valence-corrected chi connectivity index (χ2v) is 4.90. The highest BCUT2D eigenvalue weighted by Gasteiger charge is 2.03. The van der Waals surface area contributed by atoms with Crippen LogP contribution in [-0.4, -0.2) is 25.2 Å². The summed E-state index contributed by atoms with van der Waals surface area (Å²) in [6.07, 6.45) is 0. The van der Waals surface area contributed by atoms with Crippen LogP contribution >= 0.6 is 0 Å². The Balaban J connectivity index is 2.74. The van der Waals surface area contributed by atoms with E-state index in [-0.39, 0.29) is 0 Å². The van der Waals surface area contributed by atoms with Crippen LogP contribution in [0.5, 0.6) is 0 Å². The standard InChI is InChI=1S/C16H27N3O/c1-5-17-16(19-13(3)4)18-11-14-9-7-8-10-15(14)12-20-6-2/h7-10,13H,5-6,11-12H2,1-4H3,(H2,17,18,19). The fourth-order valence-corrected chi connectivity index (χ4v) is 1.82. The van der Waals surface area contributed by atoms with Crippen LogP contribution in [0.3, 0.4) is 0 Å². The molecule has 4 nitrogen and oxygen atoms in total. The fourth-order valence-electron chi connectivity index (χ4n) is 1.82. The second kappa shape index (κ2) is 9.37. The maximum absolute atomic E-state index is 5.50. The number of hydrogen-bond acceptors (Lipinski definition) is 2. The van der Waals surface area contributed by atoms with Crippen molar-refractivity contribution in [2.24, 2.45) is 4.99 Å². The summed E-state index contributed by atoms with van der Waals surface area (Å²) < 4.78 is 5.50. The zero-order valence-electron chi connectivity index (χ0n) is 13.1. The predicted molar refractivity (Wildman–Crippen MR) is 84.9 cm³/mol. The van der Waals surface area contributed by atoms with Gasteiger partial charge in [-0.15, -0.1) is 0 Å². The van der Waals surface area contributed by atoms with Gasteiger partial charge in [0.15, 0.2) is 5.96 Å². The Morgan fingerprint density at radius 2 is 1.90 bits per heavy atom. The number of benzene rings is 1. The van der Waals surface area contributed by atoms with E-state index in [1.807, 2.05) is 19.1 Å². The average molecular weight is 277 g/mol. The van der Waals surface area contributed by atoms with Crippen LogP contribution in [0, 0.1) is 0 Å². The van der Waals surface area contributed by atoms with Gasteiger partial charge in [0.25, 0.3) is 0 Å². The van der Waals surface area contributed by atoms with E-state index < -0.39 is 0 Å². The number of nitrogens with one attached hydrogen (secondary N) is 2. The van der Waals surface area contributed by atoms with Crippen LogP contribution < -0.4 is 10.6 Å². The molecule has 0 atom stereocenters. The highest BCUT2D eigenvalue weighted by molar-refractivity contribution is 5.80. The summed E-state index contributed by atoms with van der Waals surface area (Å²) in [4.78, 5) is 4.63. The van der Waals surface area contributed by atoms with Crippen molar-refractivity contribution in [3.8, 4) is 0 Å². The summed E-state index contributed by atoms with van der Waals surface area (Å²) in [5, 5.41) is 6.58. The van der Waals surface area contributed by atoms with Gasteiger partial charge in [-0.2, -0.15) is 0 Å². The molecule has 0 heterocycles. The minimum Gasteiger partial charge on any atom is -0.377 e. The third-order valence-electron chi connectivity index (χ3n) is 2.76. The molecular weight excluding hydrogens is 250 g/mol. The molecule has 112 valence electrons. The van der Waals surface area contributed by atoms with Gasteiger partial charge in [-0.1, -0.05) is 24.3 Å². The van der Waals surface area contributed by atoms with Gasteiger partial charge in [0, 0.05) is 19.2 Å². The molecule has 0 bridgehead atoms. The third kappa shape index (κ3) is 6.06. The first-order chi connectivity index (χ1) is 9.67. The molecule has 1 rings (SSSR count). The zero-order valence-corrected chi connectivity index (χ0v) is 13.1. The maximum Gasteiger partial charge on any atom is 0.191 e. The van der Waals surface area contributed by atoms with Crippen molar-refractivity contribution >= 4 is 5.96 Å². The van der Waals surface area contributed by atoms with Crippen molar-refractivity contribution in [3.05, 3.63) is 35.4 Å². The van der Waals surface area contributed by atoms with Gasteiger partial charge in [0.1, 0.15) is 0 Å². The number of guanidine groups is 1. The van der Waals surface area contributed by atoms with Crippen molar-refractivity contribution in [3.63, 3.8) is 0 Å². The van der Waals surface area contributed by atoms with Crippen LogP contribution in [0.4, 0.5) is 0 Å². The van der Waals surface area contributed by atoms with E-state index in [0.717, 1.165) is 19.1 Å². The molecular formula is C16H27N3O. The Bertz CT molecular complexity index is 416. The first-order valence-electron chi connectivity index (χ1n) is 7.36. The van der Waals surface area contributed by atoms with E-state index in [0.29, 0.717) is 19.2 Å². The van der Waals surface area contributed by atoms with E-state index >= 15 is 0 Å². The maximum atomic E-state index is 5.50. The normalized spacial score (nSPS) is 11.8. The van der Waals surface area contributed by atoms with Crippen LogP contribution in [0.15, 0.2) is 29.3 Å². The second-order valence-electron chi connectivity index (χ2n) is 4.90. The molecule has 1 aromatic carbocycles. The number of nitrogens with zero attached hydrogens (tertiary/aromatic N) is 1. The van der Waals surface area contributed by atoms with Gasteiger partial charge in [-0.25, -0.2) is 4.99 Å². The number of aliphatic imine (C=N–C) groups is 1. The minimum absolute atomic E-state index is 0.367. The molecule has 0 aliphatic heterocycles. The Kier molecular flexibility index (Phi) is 7.73. The SMILES string of the molecule is CCNC(=NCc1ccccc1COCC)NC(C)C. The van der Waals surface area contributed by atoms with Crippen molar-refractivity contribution in [1.29, 1.82) is 0 Å². The molecule has 0 fully saturated rings. The quantitative estimate of drug-likeness (QED) is 0.595. The monoisotopic (exact) mass is 277 g/mol. The molecule has 20 heavy (non-hydrogen) atoms. The van der Waals surface area contributed by atoms with Crippen LogP contribution in [0.1, 0.15) is 38.8 Å². The zero-order chi connectivity index (χ0) is 14.8. The Hall–Kier alpha value is -1.55. The Labute approximate surface area is 122 Å². The molecule has 0 saturated heterocycles. The molecule has 2 N–H and O–H groups in total. The van der Waals surface area contributed by atoms with Gasteiger partial charge in [0.05, 0.1) is 13.2 Å². The number of rotatable bonds is 7. The molecule has 0 radical (unpaired) electrons. The van der Waals surface area contributed by atoms with Gasteiger partial charge in [-0.05, 0) is 38.8 Å². The third-order valence-corrected chi connectivity index (χ3v) is 2.76. The van der Waals surface area contributed by atoms with E-state index in [1.54, 1.807) is 0 Å². The van der Waals surface area contributed by atoms with E-state index in [9.17, 15) is 0 Å². The number of hydrogen-bond donors (Lipinski definition) is 2. The lowest BCUT2D eigenvalue weighted by molar-refractivity contribution is 0.133. The van der Waals surface area contributed by atoms with Crippen molar-refractivity contribution in [1.82, 2.24) is 10.6 Å². The molecule has 0 aliphatic rings. The molecule has 4 heteroatoms.